The van der Waals surface area contributed by atoms with E-state index in [1.807, 2.05) is 0 Å². The summed E-state index contributed by atoms with van der Waals surface area (Å²) < 4.78 is 5.51. The quantitative estimate of drug-likeness (QED) is 0.522. The van der Waals surface area contributed by atoms with Crippen LogP contribution in [0.2, 0.25) is 0 Å². The van der Waals surface area contributed by atoms with Crippen molar-refractivity contribution in [3.63, 3.8) is 0 Å². The van der Waals surface area contributed by atoms with E-state index in [9.17, 15) is 14.7 Å². The molecule has 0 radical (unpaired) electrons. The number of aromatic hydroxyl groups is 1. The molecule has 120 valence electrons. The molecule has 1 N–H and O–H groups in total. The molecule has 24 heavy (non-hydrogen) atoms. The molecular weight excluding hydrogens is 308 g/mol. The van der Waals surface area contributed by atoms with E-state index >= 15 is 0 Å². The fourth-order valence-corrected chi connectivity index (χ4v) is 2.54. The third-order valence-electron chi connectivity index (χ3n) is 3.74. The van der Waals surface area contributed by atoms with Gasteiger partial charge in [0.2, 0.25) is 5.69 Å². The van der Waals surface area contributed by atoms with Gasteiger partial charge in [-0.25, -0.2) is 4.85 Å². The van der Waals surface area contributed by atoms with Gasteiger partial charge in [-0.2, -0.15) is 0 Å². The highest BCUT2D eigenvalue weighted by atomic mass is 16.5. The molecule has 0 saturated heterocycles. The van der Waals surface area contributed by atoms with Gasteiger partial charge in [-0.15, -0.1) is 0 Å². The standard InChI is InChI=1S/C18H14N2O4/c1-19-15-11-12(7-8-16(15)21)24-10-4-9-20-17(22)13-5-2-3-6-14(13)18(20)23/h2-3,5-8,11,21H,4,9-10H2. The number of hydrogen-bond donors (Lipinski definition) is 1. The van der Waals surface area contributed by atoms with Crippen LogP contribution in [0, 0.1) is 6.57 Å². The first kappa shape index (κ1) is 15.6. The minimum absolute atomic E-state index is 0.0941. The topological polar surface area (TPSA) is 71.2 Å². The van der Waals surface area contributed by atoms with Crippen LogP contribution in [0.3, 0.4) is 0 Å². The Kier molecular flexibility index (Phi) is 4.17. The lowest BCUT2D eigenvalue weighted by molar-refractivity contribution is 0.0646. The molecule has 6 nitrogen and oxygen atoms in total. The normalized spacial score (nSPS) is 12.9. The van der Waals surface area contributed by atoms with E-state index in [1.54, 1.807) is 30.3 Å². The molecule has 0 bridgehead atoms. The van der Waals surface area contributed by atoms with Crippen LogP contribution in [0.5, 0.6) is 11.5 Å². The van der Waals surface area contributed by atoms with Crippen molar-refractivity contribution < 1.29 is 19.4 Å². The lowest BCUT2D eigenvalue weighted by Crippen LogP contribution is -2.31. The Bertz CT molecular complexity index is 819. The Balaban J connectivity index is 1.56. The first-order valence-corrected chi connectivity index (χ1v) is 7.40. The lowest BCUT2D eigenvalue weighted by Gasteiger charge is -2.14. The van der Waals surface area contributed by atoms with Gasteiger partial charge in [-0.3, -0.25) is 14.5 Å². The van der Waals surface area contributed by atoms with Crippen molar-refractivity contribution >= 4 is 17.5 Å². The van der Waals surface area contributed by atoms with Gasteiger partial charge in [-0.1, -0.05) is 12.1 Å². The lowest BCUT2D eigenvalue weighted by atomic mass is 10.1. The molecule has 2 amide bonds. The van der Waals surface area contributed by atoms with Gasteiger partial charge in [0.05, 0.1) is 24.3 Å². The summed E-state index contributed by atoms with van der Waals surface area (Å²) in [6, 6.07) is 11.2. The largest absolute Gasteiger partial charge is 0.519 e. The van der Waals surface area contributed by atoms with E-state index in [4.69, 9.17) is 11.3 Å². The maximum Gasteiger partial charge on any atom is 0.261 e. The van der Waals surface area contributed by atoms with Gasteiger partial charge in [0.1, 0.15) is 11.5 Å². The molecule has 0 atom stereocenters. The Morgan fingerprint density at radius 1 is 1.08 bits per heavy atom. The number of ether oxygens (including phenoxy) is 1. The molecule has 2 aromatic carbocycles. The number of amides is 2. The maximum absolute atomic E-state index is 12.2. The van der Waals surface area contributed by atoms with Crippen LogP contribution in [0.25, 0.3) is 4.85 Å². The molecule has 0 spiro atoms. The molecule has 3 rings (SSSR count). The average molecular weight is 322 g/mol. The van der Waals surface area contributed by atoms with Gasteiger partial charge in [0.25, 0.3) is 11.8 Å². The summed E-state index contributed by atoms with van der Waals surface area (Å²) >= 11 is 0. The van der Waals surface area contributed by atoms with Crippen molar-refractivity contribution in [2.24, 2.45) is 0 Å². The predicted molar refractivity (Wildman–Crippen MR) is 86.3 cm³/mol. The maximum atomic E-state index is 12.2. The minimum atomic E-state index is -0.282. The van der Waals surface area contributed by atoms with Gasteiger partial charge >= 0.3 is 0 Å². The molecule has 0 unspecified atom stereocenters. The van der Waals surface area contributed by atoms with Crippen LogP contribution >= 0.6 is 0 Å². The summed E-state index contributed by atoms with van der Waals surface area (Å²) in [5.41, 5.74) is 0.986. The number of nitrogens with zero attached hydrogens (tertiary/aromatic N) is 2. The van der Waals surface area contributed by atoms with E-state index < -0.39 is 0 Å². The van der Waals surface area contributed by atoms with Gasteiger partial charge in [0.15, 0.2) is 0 Å². The monoisotopic (exact) mass is 322 g/mol. The fourth-order valence-electron chi connectivity index (χ4n) is 2.54. The highest BCUT2D eigenvalue weighted by Crippen LogP contribution is 2.30. The summed E-state index contributed by atoms with van der Waals surface area (Å²) in [5, 5.41) is 9.44. The Hall–Kier alpha value is -3.33. The van der Waals surface area contributed by atoms with Crippen molar-refractivity contribution in [1.82, 2.24) is 4.90 Å². The Labute approximate surface area is 138 Å². The Morgan fingerprint density at radius 3 is 2.38 bits per heavy atom. The van der Waals surface area contributed by atoms with E-state index in [0.29, 0.717) is 23.3 Å². The van der Waals surface area contributed by atoms with Crippen molar-refractivity contribution in [2.45, 2.75) is 6.42 Å². The van der Waals surface area contributed by atoms with Crippen molar-refractivity contribution in [3.05, 3.63) is 65.0 Å². The predicted octanol–water partition coefficient (Wildman–Crippen LogP) is 3.01. The molecular formula is C18H14N2O4. The van der Waals surface area contributed by atoms with Crippen LogP contribution in [0.1, 0.15) is 27.1 Å². The number of fused-ring (bicyclic) bond motifs is 1. The zero-order chi connectivity index (χ0) is 17.1. The number of carbonyl (C=O) groups is 2. The third-order valence-corrected chi connectivity index (χ3v) is 3.74. The number of hydrogen-bond acceptors (Lipinski definition) is 4. The summed E-state index contributed by atoms with van der Waals surface area (Å²) in [4.78, 5) is 28.8. The minimum Gasteiger partial charge on any atom is -0.519 e. The molecule has 6 heteroatoms. The van der Waals surface area contributed by atoms with Crippen molar-refractivity contribution in [3.8, 4) is 11.5 Å². The molecule has 0 fully saturated rings. The number of benzene rings is 2. The highest BCUT2D eigenvalue weighted by Gasteiger charge is 2.34. The second kappa shape index (κ2) is 6.42. The van der Waals surface area contributed by atoms with Gasteiger partial charge in [-0.05, 0) is 36.8 Å². The van der Waals surface area contributed by atoms with Crippen LogP contribution < -0.4 is 4.74 Å². The number of phenolic OH excluding ortho intramolecular Hbond substituents is 1. The van der Waals surface area contributed by atoms with Crippen LogP contribution in [-0.2, 0) is 0 Å². The van der Waals surface area contributed by atoms with Gasteiger partial charge < -0.3 is 9.84 Å². The smallest absolute Gasteiger partial charge is 0.261 e. The SMILES string of the molecule is [C-]#[N+]c1cc(OCCCN2C(=O)c3ccccc3C2=O)ccc1O. The average Bonchev–Trinajstić information content (AvgIpc) is 2.85. The Morgan fingerprint density at radius 2 is 1.75 bits per heavy atom. The third kappa shape index (κ3) is 2.79. The summed E-state index contributed by atoms with van der Waals surface area (Å²) in [6.07, 6.45) is 0.472. The molecule has 1 heterocycles. The zero-order valence-corrected chi connectivity index (χ0v) is 12.7. The fraction of sp³-hybridized carbons (Fsp3) is 0.167. The number of imide groups is 1. The molecule has 0 saturated carbocycles. The molecule has 1 aliphatic heterocycles. The van der Waals surface area contributed by atoms with Crippen molar-refractivity contribution in [1.29, 1.82) is 0 Å². The number of rotatable bonds is 5. The van der Waals surface area contributed by atoms with Crippen molar-refractivity contribution in [2.75, 3.05) is 13.2 Å². The number of carbonyl (C=O) groups excluding carboxylic acids is 2. The number of phenols is 1. The second-order valence-corrected chi connectivity index (χ2v) is 5.27. The highest BCUT2D eigenvalue weighted by molar-refractivity contribution is 6.21. The summed E-state index contributed by atoms with van der Waals surface area (Å²) in [6.45, 7) is 7.49. The zero-order valence-electron chi connectivity index (χ0n) is 12.7. The van der Waals surface area contributed by atoms with Crippen LogP contribution in [0.15, 0.2) is 42.5 Å². The van der Waals surface area contributed by atoms with Crippen LogP contribution in [0.4, 0.5) is 5.69 Å². The van der Waals surface area contributed by atoms with E-state index in [1.165, 1.54) is 17.0 Å². The first-order chi connectivity index (χ1) is 11.6. The molecule has 1 aliphatic rings. The summed E-state index contributed by atoms with van der Waals surface area (Å²) in [7, 11) is 0. The summed E-state index contributed by atoms with van der Waals surface area (Å²) in [5.74, 6) is -0.199. The van der Waals surface area contributed by atoms with Gasteiger partial charge in [0, 0.05) is 6.54 Å². The van der Waals surface area contributed by atoms with E-state index in [-0.39, 0.29) is 36.4 Å². The molecule has 0 aromatic heterocycles. The second-order valence-electron chi connectivity index (χ2n) is 5.27. The molecule has 2 aromatic rings. The van der Waals surface area contributed by atoms with Crippen LogP contribution in [-0.4, -0.2) is 35.0 Å². The first-order valence-electron chi connectivity index (χ1n) is 7.40. The van der Waals surface area contributed by atoms with E-state index in [0.717, 1.165) is 0 Å². The molecule has 0 aliphatic carbocycles. The van der Waals surface area contributed by atoms with E-state index in [2.05, 4.69) is 4.85 Å².